The molecule has 0 N–H and O–H groups in total. The van der Waals surface area contributed by atoms with Gasteiger partial charge in [0.1, 0.15) is 0 Å². The SMILES string of the molecule is CCCCCC(Cl)=C(Br)Br. The van der Waals surface area contributed by atoms with Gasteiger partial charge in [0.2, 0.25) is 0 Å². The van der Waals surface area contributed by atoms with E-state index in [0.29, 0.717) is 0 Å². The Hall–Kier alpha value is 0.990. The first-order valence-corrected chi connectivity index (χ1v) is 5.34. The minimum absolute atomic E-state index is 0.883. The van der Waals surface area contributed by atoms with Gasteiger partial charge in [-0.05, 0) is 44.7 Å². The van der Waals surface area contributed by atoms with Gasteiger partial charge in [-0.25, -0.2) is 0 Å². The van der Waals surface area contributed by atoms with Crippen LogP contribution < -0.4 is 0 Å². The monoisotopic (exact) mass is 288 g/mol. The molecule has 0 unspecified atom stereocenters. The number of unbranched alkanes of at least 4 members (excludes halogenated alkanes) is 2. The van der Waals surface area contributed by atoms with E-state index in [9.17, 15) is 0 Å². The molecule has 10 heavy (non-hydrogen) atoms. The Morgan fingerprint density at radius 1 is 1.30 bits per heavy atom. The van der Waals surface area contributed by atoms with Crippen molar-refractivity contribution in [3.8, 4) is 0 Å². The lowest BCUT2D eigenvalue weighted by molar-refractivity contribution is 0.725. The van der Waals surface area contributed by atoms with Gasteiger partial charge in [-0.3, -0.25) is 0 Å². The summed E-state index contributed by atoms with van der Waals surface area (Å²) < 4.78 is 0.887. The molecular formula is C7H11Br2Cl. The maximum absolute atomic E-state index is 5.84. The quantitative estimate of drug-likeness (QED) is 0.655. The van der Waals surface area contributed by atoms with Crippen molar-refractivity contribution in [1.82, 2.24) is 0 Å². The third kappa shape index (κ3) is 5.75. The van der Waals surface area contributed by atoms with Crippen LogP contribution in [-0.2, 0) is 0 Å². The van der Waals surface area contributed by atoms with Gasteiger partial charge in [0.05, 0.1) is 3.39 Å². The summed E-state index contributed by atoms with van der Waals surface area (Å²) in [6.07, 6.45) is 4.64. The number of allylic oxidation sites excluding steroid dienone is 1. The number of hydrogen-bond donors (Lipinski definition) is 0. The molecule has 0 nitrogen and oxygen atoms in total. The zero-order valence-corrected chi connectivity index (χ0v) is 9.89. The lowest BCUT2D eigenvalue weighted by atomic mass is 10.2. The summed E-state index contributed by atoms with van der Waals surface area (Å²) >= 11 is 12.3. The smallest absolute Gasteiger partial charge is 0.0748 e. The minimum Gasteiger partial charge on any atom is -0.0873 e. The molecule has 0 aromatic rings. The zero-order valence-electron chi connectivity index (χ0n) is 5.96. The van der Waals surface area contributed by atoms with E-state index in [1.54, 1.807) is 0 Å². The maximum Gasteiger partial charge on any atom is 0.0748 e. The van der Waals surface area contributed by atoms with E-state index in [2.05, 4.69) is 38.8 Å². The highest BCUT2D eigenvalue weighted by molar-refractivity contribution is 9.28. The van der Waals surface area contributed by atoms with Crippen molar-refractivity contribution >= 4 is 43.5 Å². The fourth-order valence-electron chi connectivity index (χ4n) is 0.625. The van der Waals surface area contributed by atoms with Crippen molar-refractivity contribution in [3.63, 3.8) is 0 Å². The van der Waals surface area contributed by atoms with Crippen LogP contribution in [0.25, 0.3) is 0 Å². The molecule has 60 valence electrons. The number of halogens is 3. The van der Waals surface area contributed by atoms with E-state index >= 15 is 0 Å². The summed E-state index contributed by atoms with van der Waals surface area (Å²) in [6.45, 7) is 2.18. The molecule has 0 radical (unpaired) electrons. The third-order valence-electron chi connectivity index (χ3n) is 1.20. The Balaban J connectivity index is 3.40. The summed E-state index contributed by atoms with van der Waals surface area (Å²) in [5, 5.41) is 0.883. The second kappa shape index (κ2) is 6.68. The van der Waals surface area contributed by atoms with Crippen LogP contribution >= 0.6 is 43.5 Å². The van der Waals surface area contributed by atoms with Crippen LogP contribution in [0, 0.1) is 0 Å². The predicted octanol–water partition coefficient (Wildman–Crippen LogP) is 4.76. The summed E-state index contributed by atoms with van der Waals surface area (Å²) in [5.41, 5.74) is 0. The Morgan fingerprint density at radius 2 is 1.90 bits per heavy atom. The lowest BCUT2D eigenvalue weighted by Crippen LogP contribution is -1.75. The van der Waals surface area contributed by atoms with Crippen molar-refractivity contribution in [1.29, 1.82) is 0 Å². The van der Waals surface area contributed by atoms with Gasteiger partial charge >= 0.3 is 0 Å². The molecule has 0 saturated carbocycles. The van der Waals surface area contributed by atoms with Crippen LogP contribution in [0.15, 0.2) is 8.42 Å². The second-order valence-corrected chi connectivity index (χ2v) is 5.23. The summed E-state index contributed by atoms with van der Waals surface area (Å²) in [5.74, 6) is 0. The highest BCUT2D eigenvalue weighted by Crippen LogP contribution is 2.26. The molecule has 0 aliphatic heterocycles. The average molecular weight is 290 g/mol. The van der Waals surface area contributed by atoms with E-state index in [0.717, 1.165) is 14.8 Å². The van der Waals surface area contributed by atoms with Gasteiger partial charge < -0.3 is 0 Å². The van der Waals surface area contributed by atoms with Gasteiger partial charge in [-0.1, -0.05) is 31.4 Å². The van der Waals surface area contributed by atoms with E-state index in [1.165, 1.54) is 19.3 Å². The second-order valence-electron chi connectivity index (χ2n) is 2.12. The fraction of sp³-hybridized carbons (Fsp3) is 0.714. The standard InChI is InChI=1S/C7H11Br2Cl/c1-2-3-4-5-6(10)7(8)9/h2-5H2,1H3. The molecule has 0 fully saturated rings. The molecule has 0 saturated heterocycles. The molecule has 0 rings (SSSR count). The third-order valence-corrected chi connectivity index (χ3v) is 3.00. The van der Waals surface area contributed by atoms with Crippen molar-refractivity contribution < 1.29 is 0 Å². The minimum atomic E-state index is 0.883. The van der Waals surface area contributed by atoms with E-state index in [4.69, 9.17) is 11.6 Å². The topological polar surface area (TPSA) is 0 Å². The van der Waals surface area contributed by atoms with Crippen molar-refractivity contribution in [3.05, 3.63) is 8.42 Å². The van der Waals surface area contributed by atoms with Crippen LogP contribution in [-0.4, -0.2) is 0 Å². The van der Waals surface area contributed by atoms with Gasteiger partial charge in [-0.2, -0.15) is 0 Å². The van der Waals surface area contributed by atoms with E-state index in [-0.39, 0.29) is 0 Å². The van der Waals surface area contributed by atoms with Crippen LogP contribution in [0.1, 0.15) is 32.6 Å². The molecule has 0 bridgehead atoms. The Kier molecular flexibility index (Phi) is 7.35. The number of hydrogen-bond acceptors (Lipinski definition) is 0. The molecule has 0 atom stereocenters. The maximum atomic E-state index is 5.84. The van der Waals surface area contributed by atoms with Crippen molar-refractivity contribution in [2.75, 3.05) is 0 Å². The summed E-state index contributed by atoms with van der Waals surface area (Å²) in [4.78, 5) is 0. The first-order valence-electron chi connectivity index (χ1n) is 3.38. The average Bonchev–Trinajstić information content (AvgIpc) is 1.88. The largest absolute Gasteiger partial charge is 0.0873 e. The lowest BCUT2D eigenvalue weighted by Gasteiger charge is -1.97. The molecule has 0 spiro atoms. The predicted molar refractivity (Wildman–Crippen MR) is 54.9 cm³/mol. The summed E-state index contributed by atoms with van der Waals surface area (Å²) in [7, 11) is 0. The van der Waals surface area contributed by atoms with Crippen molar-refractivity contribution in [2.45, 2.75) is 32.6 Å². The molecule has 0 aliphatic rings. The van der Waals surface area contributed by atoms with Gasteiger partial charge in [0.25, 0.3) is 0 Å². The molecular weight excluding hydrogens is 279 g/mol. The van der Waals surface area contributed by atoms with E-state index < -0.39 is 0 Å². The highest BCUT2D eigenvalue weighted by atomic mass is 79.9. The molecule has 0 aromatic heterocycles. The number of rotatable bonds is 4. The zero-order chi connectivity index (χ0) is 7.98. The van der Waals surface area contributed by atoms with Gasteiger partial charge in [0, 0.05) is 5.03 Å². The molecule has 0 aromatic carbocycles. The van der Waals surface area contributed by atoms with Crippen LogP contribution in [0.5, 0.6) is 0 Å². The van der Waals surface area contributed by atoms with Crippen molar-refractivity contribution in [2.24, 2.45) is 0 Å². The van der Waals surface area contributed by atoms with Gasteiger partial charge in [-0.15, -0.1) is 0 Å². The van der Waals surface area contributed by atoms with Crippen LogP contribution in [0.3, 0.4) is 0 Å². The van der Waals surface area contributed by atoms with Crippen LogP contribution in [0.2, 0.25) is 0 Å². The molecule has 0 heterocycles. The first kappa shape index (κ1) is 11.0. The van der Waals surface area contributed by atoms with E-state index in [1.807, 2.05) is 0 Å². The normalized spacial score (nSPS) is 9.60. The molecule has 3 heteroatoms. The summed E-state index contributed by atoms with van der Waals surface area (Å²) in [6, 6.07) is 0. The molecule has 0 aliphatic carbocycles. The van der Waals surface area contributed by atoms with Crippen LogP contribution in [0.4, 0.5) is 0 Å². The fourth-order valence-corrected chi connectivity index (χ4v) is 1.15. The first-order chi connectivity index (χ1) is 4.68. The Bertz CT molecular complexity index is 117. The Labute approximate surface area is 84.3 Å². The molecule has 0 amide bonds. The Morgan fingerprint density at radius 3 is 2.30 bits per heavy atom. The highest BCUT2D eigenvalue weighted by Gasteiger charge is 1.96. The van der Waals surface area contributed by atoms with Gasteiger partial charge in [0.15, 0.2) is 0 Å².